The van der Waals surface area contributed by atoms with Crippen LogP contribution in [-0.2, 0) is 6.54 Å². The van der Waals surface area contributed by atoms with Crippen LogP contribution >= 0.6 is 11.3 Å². The van der Waals surface area contributed by atoms with Gasteiger partial charge in [0.2, 0.25) is 0 Å². The van der Waals surface area contributed by atoms with E-state index in [4.69, 9.17) is 9.47 Å². The number of rotatable bonds is 6. The molecule has 25 heavy (non-hydrogen) atoms. The highest BCUT2D eigenvalue weighted by Gasteiger charge is 2.13. The molecule has 1 aromatic carbocycles. The van der Waals surface area contributed by atoms with Crippen molar-refractivity contribution in [3.63, 3.8) is 0 Å². The zero-order chi connectivity index (χ0) is 18.0. The summed E-state index contributed by atoms with van der Waals surface area (Å²) in [7, 11) is 3.22. The summed E-state index contributed by atoms with van der Waals surface area (Å²) in [4.78, 5) is 13.2. The molecule has 0 aliphatic carbocycles. The number of methoxy groups -OCH3 is 2. The Morgan fingerprint density at radius 2 is 2.00 bits per heavy atom. The van der Waals surface area contributed by atoms with Crippen LogP contribution in [-0.4, -0.2) is 24.7 Å². The fourth-order valence-electron chi connectivity index (χ4n) is 2.62. The van der Waals surface area contributed by atoms with E-state index < -0.39 is 0 Å². The van der Waals surface area contributed by atoms with Gasteiger partial charge in [0.25, 0.3) is 5.91 Å². The van der Waals surface area contributed by atoms with Crippen molar-refractivity contribution in [1.82, 2.24) is 9.88 Å². The van der Waals surface area contributed by atoms with Crippen LogP contribution in [0.2, 0.25) is 0 Å². The molecule has 6 heteroatoms. The Morgan fingerprint density at radius 3 is 2.64 bits per heavy atom. The summed E-state index contributed by atoms with van der Waals surface area (Å²) in [6, 6.07) is 7.92. The average Bonchev–Trinajstić information content (AvgIpc) is 3.18. The lowest BCUT2D eigenvalue weighted by molar-refractivity contribution is 0.0955. The molecule has 0 saturated carbocycles. The summed E-state index contributed by atoms with van der Waals surface area (Å²) in [5, 5.41) is 4.06. The Labute approximate surface area is 151 Å². The smallest absolute Gasteiger partial charge is 0.261 e. The Morgan fingerprint density at radius 1 is 1.20 bits per heavy atom. The van der Waals surface area contributed by atoms with Crippen LogP contribution in [0.25, 0.3) is 10.1 Å². The number of fused-ring (bicyclic) bond motifs is 1. The maximum absolute atomic E-state index is 12.5. The zero-order valence-electron chi connectivity index (χ0n) is 14.8. The van der Waals surface area contributed by atoms with E-state index in [1.807, 2.05) is 24.3 Å². The van der Waals surface area contributed by atoms with Crippen molar-refractivity contribution in [2.75, 3.05) is 14.2 Å². The van der Waals surface area contributed by atoms with Gasteiger partial charge >= 0.3 is 0 Å². The fourth-order valence-corrected chi connectivity index (χ4v) is 3.62. The number of ether oxygens (including phenoxy) is 2. The van der Waals surface area contributed by atoms with Crippen LogP contribution in [0.15, 0.2) is 36.7 Å². The van der Waals surface area contributed by atoms with Crippen molar-refractivity contribution < 1.29 is 14.3 Å². The summed E-state index contributed by atoms with van der Waals surface area (Å²) in [6.45, 7) is 4.68. The molecule has 0 fully saturated rings. The van der Waals surface area contributed by atoms with E-state index in [-0.39, 0.29) is 5.91 Å². The number of carbonyl (C=O) groups is 1. The third-order valence-electron chi connectivity index (χ3n) is 4.10. The highest BCUT2D eigenvalue weighted by molar-refractivity contribution is 7.20. The lowest BCUT2D eigenvalue weighted by atomic mass is 10.2. The fraction of sp³-hybridized carbons (Fsp3) is 0.316. The molecule has 0 bridgehead atoms. The van der Waals surface area contributed by atoms with Gasteiger partial charge in [0.15, 0.2) is 0 Å². The minimum atomic E-state index is -0.0739. The van der Waals surface area contributed by atoms with Gasteiger partial charge < -0.3 is 19.4 Å². The molecular formula is C19H22N2O3S. The summed E-state index contributed by atoms with van der Waals surface area (Å²) in [5.74, 6) is 1.35. The number of nitrogens with one attached hydrogen (secondary N) is 1. The highest BCUT2D eigenvalue weighted by Crippen LogP contribution is 2.28. The first kappa shape index (κ1) is 17.4. The van der Waals surface area contributed by atoms with Gasteiger partial charge in [-0.15, -0.1) is 11.3 Å². The van der Waals surface area contributed by atoms with Gasteiger partial charge in [-0.1, -0.05) is 0 Å². The first-order valence-corrected chi connectivity index (χ1v) is 8.93. The molecule has 3 aromatic rings. The molecule has 0 saturated heterocycles. The number of amides is 1. The van der Waals surface area contributed by atoms with E-state index in [1.165, 1.54) is 11.3 Å². The monoisotopic (exact) mass is 358 g/mol. The second-order valence-electron chi connectivity index (χ2n) is 6.09. The third kappa shape index (κ3) is 3.64. The van der Waals surface area contributed by atoms with E-state index >= 15 is 0 Å². The zero-order valence-corrected chi connectivity index (χ0v) is 15.6. The second-order valence-corrected chi connectivity index (χ2v) is 7.17. The van der Waals surface area contributed by atoms with E-state index in [1.54, 1.807) is 14.2 Å². The van der Waals surface area contributed by atoms with E-state index in [0.717, 1.165) is 21.4 Å². The van der Waals surface area contributed by atoms with Gasteiger partial charge in [0.1, 0.15) is 11.5 Å². The van der Waals surface area contributed by atoms with Crippen LogP contribution in [0.4, 0.5) is 0 Å². The number of thiophene rings is 1. The molecule has 0 atom stereocenters. The van der Waals surface area contributed by atoms with E-state index in [0.29, 0.717) is 23.2 Å². The normalized spacial score (nSPS) is 11.1. The maximum atomic E-state index is 12.5. The molecule has 1 amide bonds. The molecule has 5 nitrogen and oxygen atoms in total. The largest absolute Gasteiger partial charge is 0.497 e. The first-order valence-electron chi connectivity index (χ1n) is 8.12. The predicted molar refractivity (Wildman–Crippen MR) is 101 cm³/mol. The van der Waals surface area contributed by atoms with Crippen molar-refractivity contribution >= 4 is 27.3 Å². The molecule has 2 heterocycles. The lowest BCUT2D eigenvalue weighted by Gasteiger charge is -2.11. The molecular weight excluding hydrogens is 336 g/mol. The number of hydrogen-bond acceptors (Lipinski definition) is 4. The number of nitrogens with zero attached hydrogens (tertiary/aromatic N) is 1. The van der Waals surface area contributed by atoms with E-state index in [2.05, 4.69) is 36.1 Å². The highest BCUT2D eigenvalue weighted by atomic mass is 32.1. The summed E-state index contributed by atoms with van der Waals surface area (Å²) in [6.07, 6.45) is 4.17. The molecule has 132 valence electrons. The molecule has 2 aromatic heterocycles. The maximum Gasteiger partial charge on any atom is 0.261 e. The van der Waals surface area contributed by atoms with Crippen molar-refractivity contribution in [1.29, 1.82) is 0 Å². The van der Waals surface area contributed by atoms with Crippen LogP contribution in [0.1, 0.15) is 35.1 Å². The Kier molecular flexibility index (Phi) is 4.99. The molecule has 0 spiro atoms. The minimum Gasteiger partial charge on any atom is -0.497 e. The molecule has 1 N–H and O–H groups in total. The Bertz CT molecular complexity index is 864. The van der Waals surface area contributed by atoms with Crippen LogP contribution in [0.5, 0.6) is 11.5 Å². The quantitative estimate of drug-likeness (QED) is 0.717. The van der Waals surface area contributed by atoms with Gasteiger partial charge in [-0.2, -0.15) is 0 Å². The number of carbonyl (C=O) groups excluding carboxylic acids is 1. The van der Waals surface area contributed by atoms with Gasteiger partial charge in [0.05, 0.1) is 23.8 Å². The van der Waals surface area contributed by atoms with Gasteiger partial charge in [-0.05, 0) is 32.0 Å². The number of benzene rings is 1. The number of aromatic nitrogens is 1. The van der Waals surface area contributed by atoms with Gasteiger partial charge in [0, 0.05) is 42.0 Å². The third-order valence-corrected chi connectivity index (χ3v) is 5.18. The molecule has 3 rings (SSSR count). The van der Waals surface area contributed by atoms with Crippen LogP contribution in [0.3, 0.4) is 0 Å². The van der Waals surface area contributed by atoms with Gasteiger partial charge in [-0.3, -0.25) is 4.79 Å². The summed E-state index contributed by atoms with van der Waals surface area (Å²) < 4.78 is 13.8. The van der Waals surface area contributed by atoms with Crippen LogP contribution in [0, 0.1) is 0 Å². The standard InChI is InChI=1S/C19H22N2O3S/c1-12(2)21-10-14-7-17(25-18(14)11-21)19(22)20-9-13-5-6-15(23-3)8-16(13)24-4/h5-8,10-12H,9H2,1-4H3,(H,20,22). The summed E-state index contributed by atoms with van der Waals surface area (Å²) in [5.41, 5.74) is 0.907. The molecule has 0 aliphatic rings. The Hall–Kier alpha value is -2.47. The van der Waals surface area contributed by atoms with Crippen LogP contribution < -0.4 is 14.8 Å². The van der Waals surface area contributed by atoms with Crippen molar-refractivity contribution in [3.05, 3.63) is 47.1 Å². The molecule has 0 radical (unpaired) electrons. The predicted octanol–water partition coefficient (Wildman–Crippen LogP) is 4.23. The molecule has 0 unspecified atom stereocenters. The Balaban J connectivity index is 1.71. The van der Waals surface area contributed by atoms with Crippen molar-refractivity contribution in [2.24, 2.45) is 0 Å². The number of hydrogen-bond donors (Lipinski definition) is 1. The topological polar surface area (TPSA) is 52.5 Å². The van der Waals surface area contributed by atoms with Crippen molar-refractivity contribution in [3.8, 4) is 11.5 Å². The van der Waals surface area contributed by atoms with E-state index in [9.17, 15) is 4.79 Å². The summed E-state index contributed by atoms with van der Waals surface area (Å²) >= 11 is 1.51. The van der Waals surface area contributed by atoms with Crippen molar-refractivity contribution in [2.45, 2.75) is 26.4 Å². The first-order chi connectivity index (χ1) is 12.0. The average molecular weight is 358 g/mol. The lowest BCUT2D eigenvalue weighted by Crippen LogP contribution is -2.22. The molecule has 0 aliphatic heterocycles. The SMILES string of the molecule is COc1ccc(CNC(=O)c2cc3cn(C(C)C)cc3s2)c(OC)c1. The second kappa shape index (κ2) is 7.19. The van der Waals surface area contributed by atoms with Gasteiger partial charge in [-0.25, -0.2) is 0 Å². The minimum absolute atomic E-state index is 0.0739.